The highest BCUT2D eigenvalue weighted by atomic mass is 16.4. The minimum Gasteiger partial charge on any atom is -0.481 e. The van der Waals surface area contributed by atoms with Crippen molar-refractivity contribution in [1.29, 1.82) is 0 Å². The molecular formula is C21H25NO4. The van der Waals surface area contributed by atoms with Crippen LogP contribution in [-0.4, -0.2) is 17.0 Å². The number of hydrogen-bond donors (Lipinski definition) is 2. The molecule has 0 saturated carbocycles. The number of fused-ring (bicyclic) bond motifs is 1. The second-order valence-electron chi connectivity index (χ2n) is 7.88. The lowest BCUT2D eigenvalue weighted by atomic mass is 9.83. The predicted octanol–water partition coefficient (Wildman–Crippen LogP) is 4.05. The summed E-state index contributed by atoms with van der Waals surface area (Å²) in [5.74, 6) is -1.09. The molecule has 1 aliphatic rings. The third-order valence-corrected chi connectivity index (χ3v) is 5.15. The maximum absolute atomic E-state index is 13.0. The second-order valence-corrected chi connectivity index (χ2v) is 7.88. The van der Waals surface area contributed by atoms with Gasteiger partial charge in [-0.05, 0) is 42.7 Å². The van der Waals surface area contributed by atoms with Gasteiger partial charge in [0, 0.05) is 5.56 Å². The summed E-state index contributed by atoms with van der Waals surface area (Å²) in [6, 6.07) is 8.11. The number of aliphatic carboxylic acids is 1. The van der Waals surface area contributed by atoms with Gasteiger partial charge in [-0.3, -0.25) is 9.59 Å². The standard InChI is InChI=1S/C21H25NO4/c1-13-12-26-17(10-18(23)24)19(13)20(25)22-16-11-21(2,3)9-8-14-6-4-5-7-15(14)16/h4-7,12,16H,8-11H2,1-3H3,(H,22,25)(H,23,24). The van der Waals surface area contributed by atoms with Crippen molar-refractivity contribution in [2.24, 2.45) is 5.41 Å². The molecule has 1 unspecified atom stereocenters. The van der Waals surface area contributed by atoms with Gasteiger partial charge in [-0.15, -0.1) is 0 Å². The smallest absolute Gasteiger partial charge is 0.311 e. The summed E-state index contributed by atoms with van der Waals surface area (Å²) < 4.78 is 5.31. The summed E-state index contributed by atoms with van der Waals surface area (Å²) in [4.78, 5) is 24.0. The number of hydrogen-bond acceptors (Lipinski definition) is 3. The molecule has 2 aromatic rings. The van der Waals surface area contributed by atoms with Crippen LogP contribution < -0.4 is 5.32 Å². The molecule has 3 rings (SSSR count). The zero-order valence-electron chi connectivity index (χ0n) is 15.5. The van der Waals surface area contributed by atoms with Crippen molar-refractivity contribution in [1.82, 2.24) is 5.32 Å². The number of nitrogens with one attached hydrogen (secondary N) is 1. The predicted molar refractivity (Wildman–Crippen MR) is 98.2 cm³/mol. The van der Waals surface area contributed by atoms with Crippen molar-refractivity contribution >= 4 is 11.9 Å². The van der Waals surface area contributed by atoms with E-state index in [1.807, 2.05) is 12.1 Å². The Morgan fingerprint density at radius 1 is 1.31 bits per heavy atom. The van der Waals surface area contributed by atoms with Crippen LogP contribution in [-0.2, 0) is 17.6 Å². The van der Waals surface area contributed by atoms with Crippen LogP contribution in [0.1, 0.15) is 65.5 Å². The first-order valence-corrected chi connectivity index (χ1v) is 8.94. The van der Waals surface area contributed by atoms with Crippen LogP contribution in [0.3, 0.4) is 0 Å². The summed E-state index contributed by atoms with van der Waals surface area (Å²) in [7, 11) is 0. The van der Waals surface area contributed by atoms with Crippen LogP contribution in [0.5, 0.6) is 0 Å². The first-order chi connectivity index (χ1) is 12.3. The van der Waals surface area contributed by atoms with E-state index in [2.05, 4.69) is 31.3 Å². The fraction of sp³-hybridized carbons (Fsp3) is 0.429. The van der Waals surface area contributed by atoms with Gasteiger partial charge in [-0.2, -0.15) is 0 Å². The molecule has 0 aliphatic heterocycles. The Balaban J connectivity index is 1.91. The molecule has 1 atom stereocenters. The molecule has 5 nitrogen and oxygen atoms in total. The Labute approximate surface area is 153 Å². The SMILES string of the molecule is Cc1coc(CC(=O)O)c1C(=O)NC1CC(C)(C)CCc2ccccc21. The lowest BCUT2D eigenvalue weighted by molar-refractivity contribution is -0.136. The van der Waals surface area contributed by atoms with Gasteiger partial charge in [0.1, 0.15) is 12.2 Å². The number of furan rings is 1. The number of carboxylic acid groups (broad SMARTS) is 1. The summed E-state index contributed by atoms with van der Waals surface area (Å²) >= 11 is 0. The number of carbonyl (C=O) groups is 2. The molecule has 0 radical (unpaired) electrons. The molecule has 1 aliphatic carbocycles. The molecule has 5 heteroatoms. The van der Waals surface area contributed by atoms with Crippen molar-refractivity contribution in [3.63, 3.8) is 0 Å². The van der Waals surface area contributed by atoms with Crippen LogP contribution in [0.15, 0.2) is 34.9 Å². The Kier molecular flexibility index (Phi) is 4.90. The normalized spacial score (nSPS) is 18.7. The maximum atomic E-state index is 13.0. The third kappa shape index (κ3) is 3.82. The molecule has 1 amide bonds. The van der Waals surface area contributed by atoms with Crippen LogP contribution in [0, 0.1) is 12.3 Å². The van der Waals surface area contributed by atoms with Gasteiger partial charge in [-0.25, -0.2) is 0 Å². The van der Waals surface area contributed by atoms with E-state index in [4.69, 9.17) is 9.52 Å². The van der Waals surface area contributed by atoms with Crippen molar-refractivity contribution in [2.45, 2.75) is 52.5 Å². The fourth-order valence-electron chi connectivity index (χ4n) is 3.77. The Morgan fingerprint density at radius 2 is 2.04 bits per heavy atom. The van der Waals surface area contributed by atoms with Crippen LogP contribution >= 0.6 is 0 Å². The largest absolute Gasteiger partial charge is 0.481 e. The van der Waals surface area contributed by atoms with Gasteiger partial charge in [-0.1, -0.05) is 38.1 Å². The van der Waals surface area contributed by atoms with E-state index in [9.17, 15) is 9.59 Å². The lowest BCUT2D eigenvalue weighted by Gasteiger charge is -2.27. The zero-order valence-corrected chi connectivity index (χ0v) is 15.5. The average Bonchev–Trinajstić information content (AvgIpc) is 2.85. The molecule has 1 aromatic carbocycles. The minimum atomic E-state index is -1.02. The summed E-state index contributed by atoms with van der Waals surface area (Å²) in [5.41, 5.74) is 3.50. The van der Waals surface area contributed by atoms with Gasteiger partial charge in [0.25, 0.3) is 5.91 Å². The molecule has 0 bridgehead atoms. The maximum Gasteiger partial charge on any atom is 0.311 e. The van der Waals surface area contributed by atoms with Crippen molar-refractivity contribution in [2.75, 3.05) is 0 Å². The Bertz CT molecular complexity index is 834. The number of aryl methyl sites for hydroxylation is 2. The topological polar surface area (TPSA) is 79.5 Å². The highest BCUT2D eigenvalue weighted by Crippen LogP contribution is 2.39. The van der Waals surface area contributed by atoms with E-state index < -0.39 is 5.97 Å². The summed E-state index contributed by atoms with van der Waals surface area (Å²) in [5, 5.41) is 12.2. The molecule has 0 spiro atoms. The van der Waals surface area contributed by atoms with Crippen molar-refractivity contribution < 1.29 is 19.1 Å². The van der Waals surface area contributed by atoms with E-state index in [1.165, 1.54) is 11.8 Å². The quantitative estimate of drug-likeness (QED) is 0.811. The van der Waals surface area contributed by atoms with Crippen molar-refractivity contribution in [3.05, 3.63) is 58.5 Å². The zero-order chi connectivity index (χ0) is 18.9. The third-order valence-electron chi connectivity index (χ3n) is 5.15. The van der Waals surface area contributed by atoms with Crippen LogP contribution in [0.4, 0.5) is 0 Å². The molecule has 2 N–H and O–H groups in total. The van der Waals surface area contributed by atoms with Gasteiger partial charge in [0.05, 0.1) is 17.9 Å². The molecule has 1 heterocycles. The van der Waals surface area contributed by atoms with Gasteiger partial charge in [0.2, 0.25) is 0 Å². The molecule has 1 aromatic heterocycles. The number of carbonyl (C=O) groups excluding carboxylic acids is 1. The van der Waals surface area contributed by atoms with E-state index in [0.29, 0.717) is 11.1 Å². The Morgan fingerprint density at radius 3 is 2.77 bits per heavy atom. The van der Waals surface area contributed by atoms with Gasteiger partial charge >= 0.3 is 5.97 Å². The summed E-state index contributed by atoms with van der Waals surface area (Å²) in [6.07, 6.45) is 4.03. The number of benzene rings is 1. The highest BCUT2D eigenvalue weighted by molar-refractivity contribution is 5.97. The van der Waals surface area contributed by atoms with Gasteiger partial charge < -0.3 is 14.8 Å². The Hall–Kier alpha value is -2.56. The highest BCUT2D eigenvalue weighted by Gasteiger charge is 2.31. The van der Waals surface area contributed by atoms with Crippen LogP contribution in [0.25, 0.3) is 0 Å². The van der Waals surface area contributed by atoms with E-state index in [-0.39, 0.29) is 29.5 Å². The van der Waals surface area contributed by atoms with Crippen molar-refractivity contribution in [3.8, 4) is 0 Å². The molecule has 26 heavy (non-hydrogen) atoms. The average molecular weight is 355 g/mol. The second kappa shape index (κ2) is 6.98. The molecule has 0 fully saturated rings. The molecular weight excluding hydrogens is 330 g/mol. The van der Waals surface area contributed by atoms with E-state index in [0.717, 1.165) is 24.8 Å². The van der Waals surface area contributed by atoms with E-state index >= 15 is 0 Å². The first kappa shape index (κ1) is 18.2. The number of rotatable bonds is 4. The van der Waals surface area contributed by atoms with E-state index in [1.54, 1.807) is 6.92 Å². The van der Waals surface area contributed by atoms with Crippen LogP contribution in [0.2, 0.25) is 0 Å². The first-order valence-electron chi connectivity index (χ1n) is 8.94. The lowest BCUT2D eigenvalue weighted by Crippen LogP contribution is -2.32. The number of amides is 1. The fourth-order valence-corrected chi connectivity index (χ4v) is 3.77. The minimum absolute atomic E-state index is 0.103. The monoisotopic (exact) mass is 355 g/mol. The molecule has 0 saturated heterocycles. The summed E-state index contributed by atoms with van der Waals surface area (Å²) in [6.45, 7) is 6.20. The number of carboxylic acids is 1. The van der Waals surface area contributed by atoms with Gasteiger partial charge in [0.15, 0.2) is 0 Å². The molecule has 138 valence electrons.